The number of benzene rings is 2. The van der Waals surface area contributed by atoms with Crippen molar-refractivity contribution in [2.75, 3.05) is 27.3 Å². The van der Waals surface area contributed by atoms with Gasteiger partial charge in [0.05, 0.1) is 13.7 Å². The smallest absolute Gasteiger partial charge is 0.287 e. The Morgan fingerprint density at radius 3 is 2.71 bits per heavy atom. The Hall–Kier alpha value is -3.69. The first-order valence-corrected chi connectivity index (χ1v) is 11.7. The zero-order chi connectivity index (χ0) is 24.2. The van der Waals surface area contributed by atoms with Crippen LogP contribution in [0.5, 0.6) is 5.75 Å². The van der Waals surface area contributed by atoms with Gasteiger partial charge in [-0.2, -0.15) is 0 Å². The monoisotopic (exact) mass is 475 g/mol. The molecule has 0 spiro atoms. The largest absolute Gasteiger partial charge is 0.496 e. The van der Waals surface area contributed by atoms with Gasteiger partial charge in [-0.1, -0.05) is 30.3 Å². The van der Waals surface area contributed by atoms with Gasteiger partial charge in [-0.25, -0.2) is 0 Å². The summed E-state index contributed by atoms with van der Waals surface area (Å²) in [5.41, 5.74) is 1.28. The van der Waals surface area contributed by atoms with Crippen LogP contribution in [0.2, 0.25) is 0 Å². The molecule has 2 aromatic carbocycles. The minimum atomic E-state index is -0.286. The fourth-order valence-electron chi connectivity index (χ4n) is 4.57. The molecule has 0 fully saturated rings. The summed E-state index contributed by atoms with van der Waals surface area (Å²) in [6.45, 7) is 3.98. The number of hydrogen-bond acceptors (Lipinski definition) is 7. The van der Waals surface area contributed by atoms with E-state index in [1.165, 1.54) is 10.9 Å². The second kappa shape index (κ2) is 10.3. The zero-order valence-corrected chi connectivity index (χ0v) is 20.0. The van der Waals surface area contributed by atoms with Crippen LogP contribution in [0, 0.1) is 0 Å². The van der Waals surface area contributed by atoms with E-state index in [9.17, 15) is 4.79 Å². The van der Waals surface area contributed by atoms with Gasteiger partial charge >= 0.3 is 0 Å². The van der Waals surface area contributed by atoms with E-state index in [1.54, 1.807) is 26.4 Å². The number of ether oxygens (including phenoxy) is 2. The number of nitrogens with zero attached hydrogens (tertiary/aromatic N) is 4. The van der Waals surface area contributed by atoms with Crippen molar-refractivity contribution in [1.82, 2.24) is 25.0 Å². The molecular weight excluding hydrogens is 446 g/mol. The summed E-state index contributed by atoms with van der Waals surface area (Å²) in [5, 5.41) is 13.9. The molecule has 0 atom stereocenters. The van der Waals surface area contributed by atoms with Gasteiger partial charge < -0.3 is 23.8 Å². The van der Waals surface area contributed by atoms with Crippen molar-refractivity contribution in [3.8, 4) is 5.75 Å². The lowest BCUT2D eigenvalue weighted by molar-refractivity contribution is 0.0913. The van der Waals surface area contributed by atoms with Gasteiger partial charge in [0.15, 0.2) is 11.6 Å². The van der Waals surface area contributed by atoms with E-state index in [4.69, 9.17) is 13.9 Å². The van der Waals surface area contributed by atoms with Crippen molar-refractivity contribution < 1.29 is 18.7 Å². The van der Waals surface area contributed by atoms with Crippen LogP contribution in [0.15, 0.2) is 52.9 Å². The molecule has 9 nitrogen and oxygen atoms in total. The first kappa shape index (κ1) is 23.1. The Balaban J connectivity index is 1.23. The Morgan fingerprint density at radius 2 is 1.89 bits per heavy atom. The summed E-state index contributed by atoms with van der Waals surface area (Å²) in [6, 6.07) is 15.9. The molecule has 0 unspecified atom stereocenters. The third kappa shape index (κ3) is 4.91. The van der Waals surface area contributed by atoms with Gasteiger partial charge in [0.2, 0.25) is 0 Å². The average molecular weight is 476 g/mol. The van der Waals surface area contributed by atoms with Gasteiger partial charge in [0.25, 0.3) is 5.91 Å². The maximum Gasteiger partial charge on any atom is 0.287 e. The number of nitrogens with one attached hydrogen (secondary N) is 1. The molecule has 1 amide bonds. The van der Waals surface area contributed by atoms with Gasteiger partial charge in [-0.15, -0.1) is 10.2 Å². The first-order valence-electron chi connectivity index (χ1n) is 11.7. The lowest BCUT2D eigenvalue weighted by Crippen LogP contribution is -2.28. The second-order valence-corrected chi connectivity index (χ2v) is 8.56. The first-order chi connectivity index (χ1) is 17.2. The number of aromatic nitrogens is 3. The van der Waals surface area contributed by atoms with Crippen LogP contribution in [0.1, 0.15) is 33.5 Å². The molecule has 35 heavy (non-hydrogen) atoms. The number of rotatable bonds is 8. The maximum atomic E-state index is 12.5. The lowest BCUT2D eigenvalue weighted by atomic mass is 10.0. The predicted molar refractivity (Wildman–Crippen MR) is 130 cm³/mol. The van der Waals surface area contributed by atoms with E-state index in [0.717, 1.165) is 55.4 Å². The molecule has 0 radical (unpaired) electrons. The number of methoxy groups -OCH3 is 2. The molecule has 9 heteroatoms. The number of amides is 1. The fourth-order valence-corrected chi connectivity index (χ4v) is 4.57. The highest BCUT2D eigenvalue weighted by Crippen LogP contribution is 2.29. The minimum absolute atomic E-state index is 0.255. The Morgan fingerprint density at radius 1 is 1.03 bits per heavy atom. The van der Waals surface area contributed by atoms with Gasteiger partial charge in [0.1, 0.15) is 23.9 Å². The topological polar surface area (TPSA) is 94.6 Å². The molecular formula is C26H29N5O4. The highest BCUT2D eigenvalue weighted by atomic mass is 16.5. The van der Waals surface area contributed by atoms with Crippen molar-refractivity contribution in [3.63, 3.8) is 0 Å². The molecule has 0 saturated heterocycles. The molecule has 0 bridgehead atoms. The van der Waals surface area contributed by atoms with Crippen molar-refractivity contribution in [2.24, 2.45) is 0 Å². The Bertz CT molecular complexity index is 1330. The van der Waals surface area contributed by atoms with E-state index < -0.39 is 0 Å². The summed E-state index contributed by atoms with van der Waals surface area (Å²) in [7, 11) is 3.29. The molecule has 2 aromatic heterocycles. The molecule has 4 aromatic rings. The summed E-state index contributed by atoms with van der Waals surface area (Å²) in [5.74, 6) is 3.16. The molecule has 1 aliphatic rings. The maximum absolute atomic E-state index is 12.5. The highest BCUT2D eigenvalue weighted by Gasteiger charge is 2.20. The molecule has 5 rings (SSSR count). The van der Waals surface area contributed by atoms with Crippen molar-refractivity contribution in [1.29, 1.82) is 0 Å². The SMILES string of the molecule is COCc1ccc(C(=O)NCc2nnc3n2CCN(Cc2ccc(OC)c4ccccc24)CC3)o1. The summed E-state index contributed by atoms with van der Waals surface area (Å²) in [6.07, 6.45) is 0.799. The van der Waals surface area contributed by atoms with Crippen molar-refractivity contribution >= 4 is 16.7 Å². The van der Waals surface area contributed by atoms with Gasteiger partial charge in [-0.05, 0) is 29.1 Å². The third-order valence-corrected chi connectivity index (χ3v) is 6.36. The average Bonchev–Trinajstić information content (AvgIpc) is 3.46. The Kier molecular flexibility index (Phi) is 6.78. The van der Waals surface area contributed by atoms with Crippen molar-refractivity contribution in [2.45, 2.75) is 32.7 Å². The standard InChI is InChI=1S/C26H29N5O4/c1-33-17-19-8-10-23(35-19)26(32)27-15-25-29-28-24-11-12-30(13-14-31(24)25)16-18-7-9-22(34-2)21-6-4-3-5-20(18)21/h3-10H,11-17H2,1-2H3,(H,27,32). The fraction of sp³-hybridized carbons (Fsp3) is 0.346. The van der Waals surface area contributed by atoms with E-state index in [-0.39, 0.29) is 18.2 Å². The highest BCUT2D eigenvalue weighted by molar-refractivity contribution is 5.91. The number of carbonyl (C=O) groups is 1. The van der Waals surface area contributed by atoms with E-state index >= 15 is 0 Å². The van der Waals surface area contributed by atoms with Crippen LogP contribution >= 0.6 is 0 Å². The lowest BCUT2D eigenvalue weighted by Gasteiger charge is -2.21. The van der Waals surface area contributed by atoms with Gasteiger partial charge in [-0.3, -0.25) is 9.69 Å². The van der Waals surface area contributed by atoms with E-state index in [1.807, 2.05) is 12.1 Å². The molecule has 0 aliphatic carbocycles. The molecule has 182 valence electrons. The number of carbonyl (C=O) groups excluding carboxylic acids is 1. The Labute approximate surface area is 203 Å². The molecule has 3 heterocycles. The van der Waals surface area contributed by atoms with E-state index in [0.29, 0.717) is 12.4 Å². The van der Waals surface area contributed by atoms with Crippen LogP contribution in [0.3, 0.4) is 0 Å². The molecule has 1 N–H and O–H groups in total. The third-order valence-electron chi connectivity index (χ3n) is 6.36. The molecule has 0 saturated carbocycles. The van der Waals surface area contributed by atoms with Gasteiger partial charge in [0, 0.05) is 45.1 Å². The normalized spacial score (nSPS) is 14.0. The predicted octanol–water partition coefficient (Wildman–Crippen LogP) is 3.17. The van der Waals surface area contributed by atoms with Crippen LogP contribution in [0.25, 0.3) is 10.8 Å². The zero-order valence-electron chi connectivity index (χ0n) is 20.0. The minimum Gasteiger partial charge on any atom is -0.496 e. The summed E-state index contributed by atoms with van der Waals surface area (Å²) in [4.78, 5) is 14.9. The summed E-state index contributed by atoms with van der Waals surface area (Å²) >= 11 is 0. The van der Waals surface area contributed by atoms with Crippen LogP contribution < -0.4 is 10.1 Å². The van der Waals surface area contributed by atoms with Crippen LogP contribution in [0.4, 0.5) is 0 Å². The number of fused-ring (bicyclic) bond motifs is 2. The molecule has 1 aliphatic heterocycles. The quantitative estimate of drug-likeness (QED) is 0.418. The van der Waals surface area contributed by atoms with Crippen LogP contribution in [-0.4, -0.2) is 52.9 Å². The van der Waals surface area contributed by atoms with E-state index in [2.05, 4.69) is 49.2 Å². The summed E-state index contributed by atoms with van der Waals surface area (Å²) < 4.78 is 18.2. The number of hydrogen-bond donors (Lipinski definition) is 1. The second-order valence-electron chi connectivity index (χ2n) is 8.56. The van der Waals surface area contributed by atoms with Crippen molar-refractivity contribution in [3.05, 3.63) is 77.3 Å². The number of furan rings is 1. The van der Waals surface area contributed by atoms with Crippen LogP contribution in [-0.2, 0) is 37.4 Å².